The van der Waals surface area contributed by atoms with E-state index < -0.39 is 0 Å². The van der Waals surface area contributed by atoms with E-state index in [0.29, 0.717) is 0 Å². The fourth-order valence-corrected chi connectivity index (χ4v) is 3.56. The molecule has 0 N–H and O–H groups in total. The minimum atomic E-state index is 0. The summed E-state index contributed by atoms with van der Waals surface area (Å²) < 4.78 is 0. The molecule has 1 radical (unpaired) electrons. The molecule has 3 aliphatic carbocycles. The zero-order chi connectivity index (χ0) is 19.0. The molecule has 3 aliphatic rings. The van der Waals surface area contributed by atoms with Crippen molar-refractivity contribution in [3.8, 4) is 0 Å². The average Bonchev–Trinajstić information content (AvgIpc) is 3.36. The Labute approximate surface area is 203 Å². The van der Waals surface area contributed by atoms with Crippen molar-refractivity contribution in [2.45, 2.75) is 111 Å². The van der Waals surface area contributed by atoms with Gasteiger partial charge in [-0.15, -0.1) is 0 Å². The molecule has 3 fully saturated rings. The summed E-state index contributed by atoms with van der Waals surface area (Å²) in [5, 5.41) is 0. The maximum Gasteiger partial charge on any atom is 0 e. The molecule has 1 heteroatoms. The number of hydrogen-bond acceptors (Lipinski definition) is 0. The molecule has 0 nitrogen and oxygen atoms in total. The molecule has 28 heavy (non-hydrogen) atoms. The molecule has 0 aromatic heterocycles. The molecule has 0 spiro atoms. The SMILES string of the molecule is CCC1CC1.CCC1CCC1.CCC1CCCC1.CCc1ccccc1.[CH3-].[Y]. The molecule has 0 heterocycles. The number of rotatable bonds is 4. The van der Waals surface area contributed by atoms with E-state index in [-0.39, 0.29) is 40.1 Å². The van der Waals surface area contributed by atoms with Gasteiger partial charge >= 0.3 is 0 Å². The standard InChI is InChI=1S/C8H10.C7H14.C6H12.C5H10.CH3.Y/c1-2-8-6-4-3-5-7-8;1-2-7-5-3-4-6-7;1-2-6-4-3-5-6;1-2-5-3-4-5;;/h3-7H,2H2,1H3;7H,2-6H2,1H3;6H,2-5H2,1H3;5H,2-4H2,1H3;1H3;/q;;;;-1;. The van der Waals surface area contributed by atoms with Gasteiger partial charge in [0.2, 0.25) is 0 Å². The van der Waals surface area contributed by atoms with Gasteiger partial charge in [0.15, 0.2) is 0 Å². The Morgan fingerprint density at radius 1 is 0.607 bits per heavy atom. The molecule has 0 atom stereocenters. The molecule has 0 bridgehead atoms. The Morgan fingerprint density at radius 2 is 1.00 bits per heavy atom. The second-order valence-electron chi connectivity index (χ2n) is 8.45. The second kappa shape index (κ2) is 20.6. The molecular formula is C27H49Y-. The molecule has 4 rings (SSSR count). The maximum absolute atomic E-state index is 2.30. The van der Waals surface area contributed by atoms with Gasteiger partial charge in [-0.3, -0.25) is 0 Å². The van der Waals surface area contributed by atoms with Crippen molar-refractivity contribution in [2.24, 2.45) is 17.8 Å². The molecular weight excluding hydrogens is 413 g/mol. The van der Waals surface area contributed by atoms with E-state index in [9.17, 15) is 0 Å². The quantitative estimate of drug-likeness (QED) is 0.391. The second-order valence-corrected chi connectivity index (χ2v) is 8.45. The summed E-state index contributed by atoms with van der Waals surface area (Å²) in [5.41, 5.74) is 1.41. The summed E-state index contributed by atoms with van der Waals surface area (Å²) in [5.74, 6) is 3.35. The van der Waals surface area contributed by atoms with Crippen molar-refractivity contribution < 1.29 is 32.7 Å². The van der Waals surface area contributed by atoms with Crippen molar-refractivity contribution in [1.29, 1.82) is 0 Å². The zero-order valence-corrected chi connectivity index (χ0v) is 22.7. The minimum absolute atomic E-state index is 0. The first kappa shape index (κ1) is 30.5. The van der Waals surface area contributed by atoms with E-state index in [1.807, 2.05) is 6.07 Å². The van der Waals surface area contributed by atoms with E-state index >= 15 is 0 Å². The van der Waals surface area contributed by atoms with Gasteiger partial charge in [-0.2, -0.15) is 0 Å². The predicted octanol–water partition coefficient (Wildman–Crippen LogP) is 9.29. The molecule has 0 saturated heterocycles. The summed E-state index contributed by atoms with van der Waals surface area (Å²) in [6, 6.07) is 10.5. The normalized spacial score (nSPS) is 17.7. The van der Waals surface area contributed by atoms with Crippen LogP contribution in [0.2, 0.25) is 0 Å². The third kappa shape index (κ3) is 16.2. The van der Waals surface area contributed by atoms with Crippen molar-refractivity contribution in [1.82, 2.24) is 0 Å². The van der Waals surface area contributed by atoms with Crippen LogP contribution in [0.3, 0.4) is 0 Å². The van der Waals surface area contributed by atoms with Crippen LogP contribution in [0.15, 0.2) is 30.3 Å². The molecule has 161 valence electrons. The summed E-state index contributed by atoms with van der Waals surface area (Å²) in [6.45, 7) is 9.01. The van der Waals surface area contributed by atoms with Crippen molar-refractivity contribution >= 4 is 0 Å². The van der Waals surface area contributed by atoms with Crippen molar-refractivity contribution in [2.75, 3.05) is 0 Å². The molecule has 1 aromatic rings. The Hall–Kier alpha value is 0.324. The Morgan fingerprint density at radius 3 is 1.18 bits per heavy atom. The van der Waals surface area contributed by atoms with E-state index in [2.05, 4.69) is 52.0 Å². The van der Waals surface area contributed by atoms with E-state index in [1.165, 1.54) is 82.6 Å². The summed E-state index contributed by atoms with van der Waals surface area (Å²) in [7, 11) is 0. The van der Waals surface area contributed by atoms with Crippen LogP contribution < -0.4 is 0 Å². The fourth-order valence-electron chi connectivity index (χ4n) is 3.56. The van der Waals surface area contributed by atoms with E-state index in [4.69, 9.17) is 0 Å². The molecule has 0 aliphatic heterocycles. The first-order chi connectivity index (χ1) is 12.7. The van der Waals surface area contributed by atoms with Crippen molar-refractivity contribution in [3.05, 3.63) is 43.3 Å². The molecule has 0 unspecified atom stereocenters. The summed E-state index contributed by atoms with van der Waals surface area (Å²) >= 11 is 0. The van der Waals surface area contributed by atoms with Crippen LogP contribution in [0, 0.1) is 25.2 Å². The molecule has 1 aromatic carbocycles. The fraction of sp³-hybridized carbons (Fsp3) is 0.741. The van der Waals surface area contributed by atoms with Gasteiger partial charge in [-0.25, -0.2) is 0 Å². The number of benzene rings is 1. The Bertz CT molecular complexity index is 397. The molecule has 0 amide bonds. The topological polar surface area (TPSA) is 0 Å². The minimum Gasteiger partial charge on any atom is -0.358 e. The Balaban J connectivity index is 0. The van der Waals surface area contributed by atoms with Gasteiger partial charge in [-0.1, -0.05) is 135 Å². The van der Waals surface area contributed by atoms with Crippen LogP contribution in [0.5, 0.6) is 0 Å². The van der Waals surface area contributed by atoms with E-state index in [0.717, 1.165) is 24.2 Å². The van der Waals surface area contributed by atoms with Gasteiger partial charge < -0.3 is 7.43 Å². The van der Waals surface area contributed by atoms with Crippen LogP contribution in [-0.4, -0.2) is 0 Å². The summed E-state index contributed by atoms with van der Waals surface area (Å²) in [6.07, 6.45) is 18.9. The van der Waals surface area contributed by atoms with Gasteiger partial charge in [0.05, 0.1) is 0 Å². The largest absolute Gasteiger partial charge is 0.358 e. The Kier molecular flexibility index (Phi) is 22.4. The first-order valence-corrected chi connectivity index (χ1v) is 11.8. The van der Waals surface area contributed by atoms with E-state index in [1.54, 1.807) is 0 Å². The van der Waals surface area contributed by atoms with Crippen LogP contribution >= 0.6 is 0 Å². The average molecular weight is 463 g/mol. The van der Waals surface area contributed by atoms with Crippen LogP contribution in [0.1, 0.15) is 110 Å². The van der Waals surface area contributed by atoms with Gasteiger partial charge in [0.1, 0.15) is 0 Å². The van der Waals surface area contributed by atoms with Gasteiger partial charge in [0, 0.05) is 32.7 Å². The number of hydrogen-bond donors (Lipinski definition) is 0. The first-order valence-electron chi connectivity index (χ1n) is 11.8. The summed E-state index contributed by atoms with van der Waals surface area (Å²) in [4.78, 5) is 0. The number of aryl methyl sites for hydroxylation is 1. The maximum atomic E-state index is 2.30. The predicted molar refractivity (Wildman–Crippen MR) is 125 cm³/mol. The monoisotopic (exact) mass is 462 g/mol. The third-order valence-electron chi connectivity index (χ3n) is 6.38. The van der Waals surface area contributed by atoms with Crippen LogP contribution in [0.25, 0.3) is 0 Å². The smallest absolute Gasteiger partial charge is 0 e. The van der Waals surface area contributed by atoms with Crippen molar-refractivity contribution in [3.63, 3.8) is 0 Å². The zero-order valence-electron chi connectivity index (χ0n) is 19.9. The molecule has 3 saturated carbocycles. The van der Waals surface area contributed by atoms with Crippen LogP contribution in [-0.2, 0) is 39.1 Å². The van der Waals surface area contributed by atoms with Crippen LogP contribution in [0.4, 0.5) is 0 Å². The third-order valence-corrected chi connectivity index (χ3v) is 6.38. The van der Waals surface area contributed by atoms with Gasteiger partial charge in [0.25, 0.3) is 0 Å². The van der Waals surface area contributed by atoms with Gasteiger partial charge in [-0.05, 0) is 29.7 Å².